The normalized spacial score (nSPS) is 10.8. The molecule has 0 amide bonds. The van der Waals surface area contributed by atoms with Crippen molar-refractivity contribution in [3.05, 3.63) is 114 Å². The molecule has 4 nitrogen and oxygen atoms in total. The van der Waals surface area contributed by atoms with E-state index in [1.807, 2.05) is 113 Å². The fraction of sp³-hybridized carbons (Fsp3) is 0.200. The van der Waals surface area contributed by atoms with E-state index in [4.69, 9.17) is 14.2 Å². The van der Waals surface area contributed by atoms with Crippen molar-refractivity contribution in [2.24, 2.45) is 0 Å². The Kier molecular flexibility index (Phi) is 13.0. The summed E-state index contributed by atoms with van der Waals surface area (Å²) in [5.74, 6) is 2.24. The third kappa shape index (κ3) is 8.27. The van der Waals surface area contributed by atoms with Crippen LogP contribution in [-0.2, 0) is 13.2 Å². The summed E-state index contributed by atoms with van der Waals surface area (Å²) in [6, 6.07) is 33.7. The first-order valence-corrected chi connectivity index (χ1v) is 14.9. The average Bonchev–Trinajstić information content (AvgIpc) is 3.52. The maximum Gasteiger partial charge on any atom is 0.231 e. The molecule has 6 rings (SSSR count). The maximum absolute atomic E-state index is 10.4. The number of hydrogen-bond acceptors (Lipinski definition) is 5. The van der Waals surface area contributed by atoms with Gasteiger partial charge in [-0.3, -0.25) is 0 Å². The van der Waals surface area contributed by atoms with Crippen LogP contribution in [0.3, 0.4) is 0 Å². The summed E-state index contributed by atoms with van der Waals surface area (Å²) in [7, 11) is 2.70. The van der Waals surface area contributed by atoms with Crippen molar-refractivity contribution >= 4 is 37.9 Å². The van der Waals surface area contributed by atoms with Crippen LogP contribution < -0.4 is 19.5 Å². The summed E-state index contributed by atoms with van der Waals surface area (Å²) in [6.45, 7) is 8.46. The fourth-order valence-electron chi connectivity index (χ4n) is 4.34. The molecule has 1 aliphatic rings. The highest BCUT2D eigenvalue weighted by molar-refractivity contribution is 7.80. The lowest BCUT2D eigenvalue weighted by molar-refractivity contribution is 0.175. The minimum Gasteiger partial charge on any atom is -0.489 e. The lowest BCUT2D eigenvalue weighted by Crippen LogP contribution is -2.04. The minimum absolute atomic E-state index is 0.105. The molecule has 1 aliphatic heterocycles. The Labute approximate surface area is 251 Å². The molecule has 1 unspecified atom stereocenters. The lowest BCUT2D eigenvalue weighted by atomic mass is 9.89. The smallest absolute Gasteiger partial charge is 0.231 e. The lowest BCUT2D eigenvalue weighted by Gasteiger charge is -2.19. The van der Waals surface area contributed by atoms with Gasteiger partial charge in [0.1, 0.15) is 12.4 Å². The summed E-state index contributed by atoms with van der Waals surface area (Å²) in [6.07, 6.45) is 0. The first-order valence-electron chi connectivity index (χ1n) is 13.9. The van der Waals surface area contributed by atoms with Crippen molar-refractivity contribution in [3.63, 3.8) is 0 Å². The Bertz CT molecular complexity index is 1490. The molecular formula is C35H39O4PS. The number of thiol groups is 1. The van der Waals surface area contributed by atoms with Gasteiger partial charge in [-0.2, -0.15) is 0 Å². The van der Waals surface area contributed by atoms with E-state index in [-0.39, 0.29) is 13.4 Å². The molecule has 0 bridgehead atoms. The van der Waals surface area contributed by atoms with Crippen molar-refractivity contribution in [1.82, 2.24) is 0 Å². The molecule has 0 fully saturated rings. The van der Waals surface area contributed by atoms with Crippen LogP contribution in [-0.4, -0.2) is 11.9 Å². The highest BCUT2D eigenvalue weighted by atomic mass is 32.1. The molecule has 0 saturated heterocycles. The van der Waals surface area contributed by atoms with E-state index < -0.39 is 0 Å². The largest absolute Gasteiger partial charge is 0.489 e. The highest BCUT2D eigenvalue weighted by Crippen LogP contribution is 2.46. The second kappa shape index (κ2) is 16.7. The standard InChI is InChI=1S/C25H21O4P.C6H6S.2C2H6/c26-13-21-18(14-27-19-4-2-1-3-5-19)12-17-8-11-22-25(29-15-28-22)24(17)23(21)16-6-9-20(30)10-7-16;7-6-4-2-1-3-5-6;2*1-2/h1-12,26H,13-15,30H2;1-5,7H;2*1-2H3. The first-order chi connectivity index (χ1) is 20.1. The van der Waals surface area contributed by atoms with Crippen LogP contribution in [0.1, 0.15) is 38.8 Å². The van der Waals surface area contributed by atoms with E-state index in [1.165, 1.54) is 0 Å². The monoisotopic (exact) mass is 586 g/mol. The average molecular weight is 587 g/mol. The van der Waals surface area contributed by atoms with E-state index in [1.54, 1.807) is 0 Å². The molecule has 5 aromatic carbocycles. The zero-order valence-electron chi connectivity index (χ0n) is 24.1. The molecular weight excluding hydrogens is 547 g/mol. The zero-order valence-corrected chi connectivity index (χ0v) is 26.2. The SMILES string of the molecule is CC.CC.OCc1c(COc2ccccc2)cc2ccc3c(c2c1-c1ccc(P)cc1)OCO3.Sc1ccccc1. The van der Waals surface area contributed by atoms with E-state index in [0.29, 0.717) is 6.61 Å². The van der Waals surface area contributed by atoms with Gasteiger partial charge < -0.3 is 19.3 Å². The van der Waals surface area contributed by atoms with Gasteiger partial charge in [-0.15, -0.1) is 21.9 Å². The number of aliphatic hydroxyl groups excluding tert-OH is 1. The molecule has 1 N–H and O–H groups in total. The van der Waals surface area contributed by atoms with E-state index in [9.17, 15) is 5.11 Å². The van der Waals surface area contributed by atoms with Crippen molar-refractivity contribution in [2.75, 3.05) is 6.79 Å². The van der Waals surface area contributed by atoms with E-state index in [0.717, 1.165) is 60.5 Å². The van der Waals surface area contributed by atoms with Crippen molar-refractivity contribution in [3.8, 4) is 28.4 Å². The van der Waals surface area contributed by atoms with Crippen LogP contribution in [0.2, 0.25) is 0 Å². The Balaban J connectivity index is 0.000000360. The van der Waals surface area contributed by atoms with Gasteiger partial charge in [-0.25, -0.2) is 0 Å². The summed E-state index contributed by atoms with van der Waals surface area (Å²) in [5, 5.41) is 13.5. The van der Waals surface area contributed by atoms with E-state index in [2.05, 4.69) is 40.1 Å². The van der Waals surface area contributed by atoms with Gasteiger partial charge in [0, 0.05) is 10.3 Å². The van der Waals surface area contributed by atoms with Crippen LogP contribution in [0.4, 0.5) is 0 Å². The Morgan fingerprint density at radius 2 is 1.44 bits per heavy atom. The summed E-state index contributed by atoms with van der Waals surface area (Å²) < 4.78 is 17.5. The van der Waals surface area contributed by atoms with Crippen molar-refractivity contribution in [1.29, 1.82) is 0 Å². The van der Waals surface area contributed by atoms with Crippen molar-refractivity contribution in [2.45, 2.75) is 45.8 Å². The van der Waals surface area contributed by atoms with Gasteiger partial charge in [0.15, 0.2) is 11.5 Å². The minimum atomic E-state index is -0.105. The van der Waals surface area contributed by atoms with Gasteiger partial charge in [-0.1, -0.05) is 94.4 Å². The van der Waals surface area contributed by atoms with Crippen LogP contribution >= 0.6 is 21.9 Å². The summed E-state index contributed by atoms with van der Waals surface area (Å²) in [5.41, 5.74) is 3.74. The van der Waals surface area contributed by atoms with Crippen LogP contribution in [0.25, 0.3) is 21.9 Å². The number of aliphatic hydroxyl groups is 1. The van der Waals surface area contributed by atoms with Crippen LogP contribution in [0, 0.1) is 0 Å². The molecule has 0 spiro atoms. The number of para-hydroxylation sites is 1. The number of benzene rings is 5. The van der Waals surface area contributed by atoms with E-state index >= 15 is 0 Å². The first kappa shape index (κ1) is 32.0. The number of hydrogen-bond donors (Lipinski definition) is 2. The summed E-state index contributed by atoms with van der Waals surface area (Å²) in [4.78, 5) is 1.02. The number of ether oxygens (including phenoxy) is 3. The zero-order chi connectivity index (χ0) is 29.6. The maximum atomic E-state index is 10.4. The number of rotatable bonds is 5. The van der Waals surface area contributed by atoms with Gasteiger partial charge in [-0.05, 0) is 69.3 Å². The second-order valence-electron chi connectivity index (χ2n) is 8.50. The van der Waals surface area contributed by atoms with Crippen LogP contribution in [0.5, 0.6) is 17.2 Å². The molecule has 1 atom stereocenters. The molecule has 0 aromatic heterocycles. The molecule has 0 aliphatic carbocycles. The third-order valence-corrected chi connectivity index (χ3v) is 6.77. The summed E-state index contributed by atoms with van der Waals surface area (Å²) >= 11 is 4.08. The fourth-order valence-corrected chi connectivity index (χ4v) is 4.70. The highest BCUT2D eigenvalue weighted by Gasteiger charge is 2.23. The van der Waals surface area contributed by atoms with Gasteiger partial charge >= 0.3 is 0 Å². The molecule has 5 aromatic rings. The molecule has 214 valence electrons. The molecule has 41 heavy (non-hydrogen) atoms. The molecule has 6 heteroatoms. The van der Waals surface area contributed by atoms with Gasteiger partial charge in [0.05, 0.1) is 6.61 Å². The topological polar surface area (TPSA) is 47.9 Å². The van der Waals surface area contributed by atoms with Gasteiger partial charge in [0.25, 0.3) is 0 Å². The predicted octanol–water partition coefficient (Wildman–Crippen LogP) is 8.83. The molecule has 1 heterocycles. The van der Waals surface area contributed by atoms with Crippen LogP contribution in [0.15, 0.2) is 108 Å². The van der Waals surface area contributed by atoms with Gasteiger partial charge in [0.2, 0.25) is 6.79 Å². The Hall–Kier alpha value is -3.50. The molecule has 0 radical (unpaired) electrons. The Morgan fingerprint density at radius 3 is 2.02 bits per heavy atom. The quantitative estimate of drug-likeness (QED) is 0.160. The third-order valence-electron chi connectivity index (χ3n) is 6.09. The number of fused-ring (bicyclic) bond motifs is 3. The second-order valence-corrected chi connectivity index (χ2v) is 9.69. The Morgan fingerprint density at radius 1 is 0.805 bits per heavy atom. The van der Waals surface area contributed by atoms with Crippen molar-refractivity contribution < 1.29 is 19.3 Å². The predicted molar refractivity (Wildman–Crippen MR) is 178 cm³/mol. The molecule has 0 saturated carbocycles.